The van der Waals surface area contributed by atoms with E-state index in [2.05, 4.69) is 10.3 Å². The first kappa shape index (κ1) is 16.9. The Morgan fingerprint density at radius 3 is 2.57 bits per heavy atom. The van der Waals surface area contributed by atoms with Gasteiger partial charge in [-0.25, -0.2) is 14.6 Å². The molecule has 0 saturated heterocycles. The molecule has 2 N–H and O–H groups in total. The summed E-state index contributed by atoms with van der Waals surface area (Å²) in [5.41, 5.74) is 1.37. The van der Waals surface area contributed by atoms with Crippen molar-refractivity contribution in [3.05, 3.63) is 28.0 Å². The number of urea groups is 1. The molecule has 1 aromatic rings. The number of hydrogen-bond acceptors (Lipinski definition) is 5. The van der Waals surface area contributed by atoms with Gasteiger partial charge in [0, 0.05) is 12.2 Å². The van der Waals surface area contributed by atoms with Gasteiger partial charge in [0.2, 0.25) is 0 Å². The molecule has 1 aromatic heterocycles. The Balaban J connectivity index is 2.63. The van der Waals surface area contributed by atoms with Crippen LogP contribution in [0.5, 0.6) is 0 Å². The summed E-state index contributed by atoms with van der Waals surface area (Å²) in [6, 6.07) is 1.03. The molecule has 0 saturated carbocycles. The van der Waals surface area contributed by atoms with E-state index in [0.717, 1.165) is 0 Å². The Morgan fingerprint density at radius 1 is 1.33 bits per heavy atom. The van der Waals surface area contributed by atoms with Crippen molar-refractivity contribution in [2.24, 2.45) is 0 Å². The van der Waals surface area contributed by atoms with E-state index in [-0.39, 0.29) is 10.7 Å². The molecule has 21 heavy (non-hydrogen) atoms. The van der Waals surface area contributed by atoms with Gasteiger partial charge in [-0.1, -0.05) is 11.6 Å². The van der Waals surface area contributed by atoms with Crippen molar-refractivity contribution in [3.8, 4) is 0 Å². The highest BCUT2D eigenvalue weighted by Crippen LogP contribution is 2.19. The van der Waals surface area contributed by atoms with Gasteiger partial charge in [-0.15, -0.1) is 0 Å². The molecular formula is C13H16ClN3O4. The zero-order valence-corrected chi connectivity index (χ0v) is 12.7. The van der Waals surface area contributed by atoms with Crippen molar-refractivity contribution in [2.75, 3.05) is 13.2 Å². The number of aryl methyl sites for hydroxylation is 2. The molecule has 0 aromatic carbocycles. The third kappa shape index (κ3) is 5.03. The maximum Gasteiger partial charge on any atom is 0.342 e. The van der Waals surface area contributed by atoms with Crippen LogP contribution in [0.25, 0.3) is 0 Å². The highest BCUT2D eigenvalue weighted by molar-refractivity contribution is 6.32. The first-order valence-electron chi connectivity index (χ1n) is 6.23. The van der Waals surface area contributed by atoms with Gasteiger partial charge < -0.3 is 10.1 Å². The van der Waals surface area contributed by atoms with Crippen molar-refractivity contribution in [1.29, 1.82) is 0 Å². The minimum absolute atomic E-state index is 0.0154. The molecule has 0 aliphatic heterocycles. The predicted octanol–water partition coefficient (Wildman–Crippen LogP) is 1.35. The van der Waals surface area contributed by atoms with Crippen LogP contribution < -0.4 is 10.6 Å². The van der Waals surface area contributed by atoms with E-state index in [4.69, 9.17) is 16.3 Å². The fourth-order valence-corrected chi connectivity index (χ4v) is 1.97. The summed E-state index contributed by atoms with van der Waals surface area (Å²) in [5, 5.41) is 4.40. The van der Waals surface area contributed by atoms with Crippen LogP contribution in [-0.4, -0.2) is 36.0 Å². The van der Waals surface area contributed by atoms with Crippen molar-refractivity contribution in [1.82, 2.24) is 15.6 Å². The fraction of sp³-hybridized carbons (Fsp3) is 0.385. The van der Waals surface area contributed by atoms with E-state index >= 15 is 0 Å². The number of amides is 3. The number of carbonyl (C=O) groups excluding carboxylic acids is 3. The van der Waals surface area contributed by atoms with Gasteiger partial charge in [0.25, 0.3) is 5.91 Å². The van der Waals surface area contributed by atoms with Crippen LogP contribution in [0.15, 0.2) is 6.07 Å². The van der Waals surface area contributed by atoms with E-state index in [9.17, 15) is 14.4 Å². The molecule has 7 nitrogen and oxygen atoms in total. The van der Waals surface area contributed by atoms with Crippen molar-refractivity contribution < 1.29 is 19.1 Å². The third-order valence-corrected chi connectivity index (χ3v) is 2.70. The summed E-state index contributed by atoms with van der Waals surface area (Å²) >= 11 is 5.89. The van der Waals surface area contributed by atoms with Crippen LogP contribution in [0.4, 0.5) is 4.79 Å². The number of hydrogen-bond donors (Lipinski definition) is 2. The Hall–Kier alpha value is -2.15. The molecule has 0 aliphatic rings. The molecule has 0 spiro atoms. The number of nitrogens with zero attached hydrogens (tertiary/aromatic N) is 1. The third-order valence-electron chi connectivity index (χ3n) is 2.43. The number of aromatic nitrogens is 1. The number of carbonyl (C=O) groups is 3. The van der Waals surface area contributed by atoms with Crippen LogP contribution >= 0.6 is 11.6 Å². The van der Waals surface area contributed by atoms with Gasteiger partial charge in [-0.3, -0.25) is 10.1 Å². The number of pyridine rings is 1. The van der Waals surface area contributed by atoms with Gasteiger partial charge in [0.15, 0.2) is 6.61 Å². The van der Waals surface area contributed by atoms with Gasteiger partial charge in [0.05, 0.1) is 5.56 Å². The second-order valence-electron chi connectivity index (χ2n) is 4.23. The standard InChI is InChI=1S/C13H16ClN3O4/c1-4-15-13(20)17-9(18)6-21-12(19)10-7(2)5-8(3)16-11(10)14/h5H,4,6H2,1-3H3,(H2,15,17,18,20). The fourth-order valence-electron chi connectivity index (χ4n) is 1.61. The normalized spacial score (nSPS) is 9.90. The lowest BCUT2D eigenvalue weighted by Crippen LogP contribution is -2.41. The molecule has 0 unspecified atom stereocenters. The summed E-state index contributed by atoms with van der Waals surface area (Å²) < 4.78 is 4.82. The molecule has 3 amide bonds. The minimum Gasteiger partial charge on any atom is -0.452 e. The van der Waals surface area contributed by atoms with Crippen LogP contribution in [-0.2, 0) is 9.53 Å². The molecule has 8 heteroatoms. The molecule has 0 fully saturated rings. The lowest BCUT2D eigenvalue weighted by atomic mass is 10.1. The average Bonchev–Trinajstić information content (AvgIpc) is 2.35. The maximum atomic E-state index is 11.9. The average molecular weight is 314 g/mol. The Labute approximate surface area is 127 Å². The summed E-state index contributed by atoms with van der Waals surface area (Å²) in [6.07, 6.45) is 0. The number of ether oxygens (including phenoxy) is 1. The largest absolute Gasteiger partial charge is 0.452 e. The smallest absolute Gasteiger partial charge is 0.342 e. The van der Waals surface area contributed by atoms with E-state index < -0.39 is 24.5 Å². The van der Waals surface area contributed by atoms with E-state index in [1.165, 1.54) is 0 Å². The SMILES string of the molecule is CCNC(=O)NC(=O)COC(=O)c1c(C)cc(C)nc1Cl. The number of imide groups is 1. The molecular weight excluding hydrogens is 298 g/mol. The second kappa shape index (κ2) is 7.58. The maximum absolute atomic E-state index is 11.9. The molecule has 1 heterocycles. The van der Waals surface area contributed by atoms with Gasteiger partial charge in [-0.05, 0) is 32.4 Å². The molecule has 114 valence electrons. The Morgan fingerprint density at radius 2 is 2.00 bits per heavy atom. The molecule has 0 atom stereocenters. The summed E-state index contributed by atoms with van der Waals surface area (Å²) in [6.45, 7) is 4.93. The van der Waals surface area contributed by atoms with Gasteiger partial charge in [0.1, 0.15) is 5.15 Å². The highest BCUT2D eigenvalue weighted by Gasteiger charge is 2.18. The highest BCUT2D eigenvalue weighted by atomic mass is 35.5. The monoisotopic (exact) mass is 313 g/mol. The zero-order valence-electron chi connectivity index (χ0n) is 11.9. The summed E-state index contributed by atoms with van der Waals surface area (Å²) in [4.78, 5) is 38.3. The van der Waals surface area contributed by atoms with Crippen LogP contribution in [0.1, 0.15) is 28.5 Å². The quantitative estimate of drug-likeness (QED) is 0.646. The van der Waals surface area contributed by atoms with Crippen molar-refractivity contribution >= 4 is 29.5 Å². The van der Waals surface area contributed by atoms with Crippen molar-refractivity contribution in [2.45, 2.75) is 20.8 Å². The lowest BCUT2D eigenvalue weighted by Gasteiger charge is -2.09. The first-order chi connectivity index (χ1) is 9.85. The van der Waals surface area contributed by atoms with Crippen LogP contribution in [0, 0.1) is 13.8 Å². The van der Waals surface area contributed by atoms with E-state index in [1.807, 2.05) is 5.32 Å². The van der Waals surface area contributed by atoms with Crippen molar-refractivity contribution in [3.63, 3.8) is 0 Å². The second-order valence-corrected chi connectivity index (χ2v) is 4.59. The summed E-state index contributed by atoms with van der Waals surface area (Å²) in [5.74, 6) is -1.50. The molecule has 0 bridgehead atoms. The molecule has 0 radical (unpaired) electrons. The van der Waals surface area contributed by atoms with Crippen LogP contribution in [0.2, 0.25) is 5.15 Å². The summed E-state index contributed by atoms with van der Waals surface area (Å²) in [7, 11) is 0. The van der Waals surface area contributed by atoms with Crippen LogP contribution in [0.3, 0.4) is 0 Å². The topological polar surface area (TPSA) is 97.4 Å². The first-order valence-corrected chi connectivity index (χ1v) is 6.61. The van der Waals surface area contributed by atoms with E-state index in [1.54, 1.807) is 26.8 Å². The Kier molecular flexibility index (Phi) is 6.10. The van der Waals surface area contributed by atoms with Gasteiger partial charge in [-0.2, -0.15) is 0 Å². The number of nitrogens with one attached hydrogen (secondary N) is 2. The molecule has 0 aliphatic carbocycles. The number of esters is 1. The number of rotatable bonds is 4. The zero-order chi connectivity index (χ0) is 16.0. The van der Waals surface area contributed by atoms with E-state index in [0.29, 0.717) is 17.8 Å². The Bertz CT molecular complexity index is 552. The number of halogens is 1. The predicted molar refractivity (Wildman–Crippen MR) is 76.2 cm³/mol. The van der Waals surface area contributed by atoms with Gasteiger partial charge >= 0.3 is 12.0 Å². The lowest BCUT2D eigenvalue weighted by molar-refractivity contribution is -0.123. The molecule has 1 rings (SSSR count). The minimum atomic E-state index is -0.768.